The number of hydrogen-bond acceptors (Lipinski definition) is 0. The smallest absolute Gasteiger partial charge is 0.0132 e. The molecule has 0 amide bonds. The Bertz CT molecular complexity index is 269. The van der Waals surface area contributed by atoms with E-state index in [4.69, 9.17) is 0 Å². The highest BCUT2D eigenvalue weighted by Crippen LogP contribution is 2.38. The molecule has 0 atom stereocenters. The van der Waals surface area contributed by atoms with Gasteiger partial charge in [-0.2, -0.15) is 0 Å². The Morgan fingerprint density at radius 1 is 1.21 bits per heavy atom. The van der Waals surface area contributed by atoms with Crippen molar-refractivity contribution in [3.05, 3.63) is 22.8 Å². The highest BCUT2D eigenvalue weighted by atomic mass is 14.3. The van der Waals surface area contributed by atoms with E-state index in [0.717, 1.165) is 0 Å². The van der Waals surface area contributed by atoms with E-state index in [9.17, 15) is 0 Å². The molecule has 0 N–H and O–H groups in total. The van der Waals surface area contributed by atoms with Crippen molar-refractivity contribution in [1.82, 2.24) is 0 Å². The molecule has 1 aliphatic rings. The van der Waals surface area contributed by atoms with Crippen LogP contribution < -0.4 is 0 Å². The van der Waals surface area contributed by atoms with E-state index in [-0.39, 0.29) is 0 Å². The Kier molecular flexibility index (Phi) is 3.24. The Hall–Kier alpha value is -0.520. The summed E-state index contributed by atoms with van der Waals surface area (Å²) in [5.41, 5.74) is 5.09. The van der Waals surface area contributed by atoms with E-state index in [1.165, 1.54) is 12.8 Å². The highest BCUT2D eigenvalue weighted by Gasteiger charge is 2.23. The average molecular weight is 192 g/mol. The molecule has 0 unspecified atom stereocenters. The van der Waals surface area contributed by atoms with Crippen molar-refractivity contribution in [2.45, 2.75) is 54.4 Å². The maximum absolute atomic E-state index is 2.43. The minimum Gasteiger partial charge on any atom is -0.0802 e. The van der Waals surface area contributed by atoms with Crippen LogP contribution in [0.15, 0.2) is 22.8 Å². The molecule has 0 spiro atoms. The number of rotatable bonds is 1. The topological polar surface area (TPSA) is 0 Å². The largest absolute Gasteiger partial charge is 0.0802 e. The van der Waals surface area contributed by atoms with Crippen LogP contribution in [-0.2, 0) is 0 Å². The molecule has 0 bridgehead atoms. The van der Waals surface area contributed by atoms with Gasteiger partial charge < -0.3 is 0 Å². The third kappa shape index (κ3) is 2.29. The summed E-state index contributed by atoms with van der Waals surface area (Å²) in [4.78, 5) is 0. The molecule has 14 heavy (non-hydrogen) atoms. The molecule has 0 aromatic carbocycles. The Balaban J connectivity index is 3.06. The van der Waals surface area contributed by atoms with E-state index in [0.29, 0.717) is 11.3 Å². The minimum absolute atomic E-state index is 0.310. The van der Waals surface area contributed by atoms with Gasteiger partial charge in [-0.3, -0.25) is 0 Å². The molecule has 1 rings (SSSR count). The first-order valence-electron chi connectivity index (χ1n) is 5.74. The van der Waals surface area contributed by atoms with Crippen molar-refractivity contribution < 1.29 is 0 Å². The van der Waals surface area contributed by atoms with E-state index in [1.807, 2.05) is 0 Å². The third-order valence-electron chi connectivity index (χ3n) is 3.15. The predicted molar refractivity (Wildman–Crippen MR) is 64.3 cm³/mol. The first-order chi connectivity index (χ1) is 6.34. The van der Waals surface area contributed by atoms with Crippen LogP contribution >= 0.6 is 0 Å². The second-order valence-electron chi connectivity index (χ2n) is 5.71. The molecule has 0 heteroatoms. The lowest BCUT2D eigenvalue weighted by Crippen LogP contribution is -2.15. The zero-order valence-corrected chi connectivity index (χ0v) is 10.6. The molecule has 0 nitrogen and oxygen atoms in total. The molecule has 0 saturated heterocycles. The highest BCUT2D eigenvalue weighted by molar-refractivity contribution is 5.40. The summed E-state index contributed by atoms with van der Waals surface area (Å²) in [6, 6.07) is 0. The van der Waals surface area contributed by atoms with E-state index in [2.05, 4.69) is 47.6 Å². The van der Waals surface area contributed by atoms with Crippen LogP contribution in [0.5, 0.6) is 0 Å². The van der Waals surface area contributed by atoms with E-state index in [1.54, 1.807) is 16.7 Å². The van der Waals surface area contributed by atoms with Crippen LogP contribution in [0.3, 0.4) is 0 Å². The summed E-state index contributed by atoms with van der Waals surface area (Å²) in [6.45, 7) is 13.9. The fourth-order valence-corrected chi connectivity index (χ4v) is 2.48. The molecule has 0 radical (unpaired) electrons. The second kappa shape index (κ2) is 3.92. The van der Waals surface area contributed by atoms with Crippen LogP contribution in [0.2, 0.25) is 0 Å². The fourth-order valence-electron chi connectivity index (χ4n) is 2.48. The lowest BCUT2D eigenvalue weighted by molar-refractivity contribution is 0.498. The molecule has 0 fully saturated rings. The van der Waals surface area contributed by atoms with Gasteiger partial charge in [-0.05, 0) is 42.2 Å². The molecular weight excluding hydrogens is 168 g/mol. The summed E-state index contributed by atoms with van der Waals surface area (Å²) in [5.74, 6) is 0.709. The van der Waals surface area contributed by atoms with Gasteiger partial charge in [0.1, 0.15) is 0 Å². The van der Waals surface area contributed by atoms with Gasteiger partial charge in [-0.25, -0.2) is 0 Å². The Morgan fingerprint density at radius 2 is 1.79 bits per heavy atom. The van der Waals surface area contributed by atoms with Gasteiger partial charge in [-0.1, -0.05) is 46.3 Å². The van der Waals surface area contributed by atoms with Crippen LogP contribution in [0.1, 0.15) is 54.4 Å². The van der Waals surface area contributed by atoms with Gasteiger partial charge >= 0.3 is 0 Å². The van der Waals surface area contributed by atoms with Gasteiger partial charge in [0.2, 0.25) is 0 Å². The summed E-state index contributed by atoms with van der Waals surface area (Å²) >= 11 is 0. The monoisotopic (exact) mass is 192 g/mol. The molecule has 80 valence electrons. The first-order valence-corrected chi connectivity index (χ1v) is 5.74. The molecule has 0 aromatic heterocycles. The lowest BCUT2D eigenvalue weighted by atomic mass is 9.75. The van der Waals surface area contributed by atoms with Gasteiger partial charge in [0.05, 0.1) is 0 Å². The van der Waals surface area contributed by atoms with Crippen LogP contribution in [0.4, 0.5) is 0 Å². The molecular formula is C14H24. The minimum atomic E-state index is 0.310. The fraction of sp³-hybridized carbons (Fsp3) is 0.714. The van der Waals surface area contributed by atoms with Crippen molar-refractivity contribution in [3.63, 3.8) is 0 Å². The van der Waals surface area contributed by atoms with Crippen molar-refractivity contribution in [2.75, 3.05) is 0 Å². The van der Waals surface area contributed by atoms with Crippen LogP contribution in [0.25, 0.3) is 0 Å². The Morgan fingerprint density at radius 3 is 2.21 bits per heavy atom. The average Bonchev–Trinajstić information content (AvgIpc) is 2.01. The standard InChI is InChI=1S/C14H24/c1-10(2)12-8-7-9-13(11(12)3)14(4,5)6/h9-10H,7-8H2,1-6H3. The van der Waals surface area contributed by atoms with Crippen molar-refractivity contribution in [1.29, 1.82) is 0 Å². The summed E-state index contributed by atoms with van der Waals surface area (Å²) in [7, 11) is 0. The molecule has 0 aliphatic heterocycles. The van der Waals surface area contributed by atoms with E-state index < -0.39 is 0 Å². The predicted octanol–water partition coefficient (Wildman–Crippen LogP) is 4.73. The van der Waals surface area contributed by atoms with Gasteiger partial charge in [0.15, 0.2) is 0 Å². The molecule has 0 aromatic rings. The van der Waals surface area contributed by atoms with Gasteiger partial charge in [-0.15, -0.1) is 0 Å². The second-order valence-corrected chi connectivity index (χ2v) is 5.71. The molecule has 0 heterocycles. The van der Waals surface area contributed by atoms with Crippen LogP contribution in [0, 0.1) is 11.3 Å². The first kappa shape index (κ1) is 11.6. The van der Waals surface area contributed by atoms with Gasteiger partial charge in [0, 0.05) is 0 Å². The summed E-state index contributed by atoms with van der Waals surface area (Å²) in [5, 5.41) is 0. The zero-order chi connectivity index (χ0) is 10.9. The molecule has 0 saturated carbocycles. The van der Waals surface area contributed by atoms with Crippen LogP contribution in [-0.4, -0.2) is 0 Å². The number of allylic oxidation sites excluding steroid dienone is 4. The third-order valence-corrected chi connectivity index (χ3v) is 3.15. The summed E-state index contributed by atoms with van der Waals surface area (Å²) < 4.78 is 0. The van der Waals surface area contributed by atoms with Gasteiger partial charge in [0.25, 0.3) is 0 Å². The van der Waals surface area contributed by atoms with E-state index >= 15 is 0 Å². The van der Waals surface area contributed by atoms with Crippen molar-refractivity contribution >= 4 is 0 Å². The maximum atomic E-state index is 2.43. The summed E-state index contributed by atoms with van der Waals surface area (Å²) in [6.07, 6.45) is 4.93. The lowest BCUT2D eigenvalue weighted by Gasteiger charge is -2.30. The molecule has 1 aliphatic carbocycles. The zero-order valence-electron chi connectivity index (χ0n) is 10.6. The Labute approximate surface area is 89.1 Å². The van der Waals surface area contributed by atoms with Crippen molar-refractivity contribution in [3.8, 4) is 0 Å². The normalized spacial score (nSPS) is 18.9. The quantitative estimate of drug-likeness (QED) is 0.563. The SMILES string of the molecule is CC1=C(C(C)C)CCC=C1C(C)(C)C. The number of hydrogen-bond donors (Lipinski definition) is 0. The maximum Gasteiger partial charge on any atom is -0.0132 e. The van der Waals surface area contributed by atoms with Crippen molar-refractivity contribution in [2.24, 2.45) is 11.3 Å².